The van der Waals surface area contributed by atoms with Gasteiger partial charge in [-0.3, -0.25) is 9.59 Å². The standard InChI is InChI=1S/C20H27N7O4S/c1-13(28)23-14-6-4-7-15(10-14)24-20-22-11-17(18(21)29)19(25-20)26(2)16-8-5-9-27(12-16)32(3,30)31/h4,6-7,10-11,16H,5,8-9,12H2,1-3H3,(H2,21,29)(H,23,28)(H,22,24,25). The number of likely N-dealkylation sites (N-methyl/N-ethyl adjacent to an activating group) is 1. The Morgan fingerprint density at radius 1 is 1.28 bits per heavy atom. The summed E-state index contributed by atoms with van der Waals surface area (Å²) in [6.45, 7) is 2.18. The van der Waals surface area contributed by atoms with Crippen LogP contribution >= 0.6 is 0 Å². The van der Waals surface area contributed by atoms with Crippen molar-refractivity contribution in [1.29, 1.82) is 0 Å². The lowest BCUT2D eigenvalue weighted by atomic mass is 10.1. The number of hydrogen-bond acceptors (Lipinski definition) is 8. The molecule has 0 spiro atoms. The maximum atomic E-state index is 12.0. The zero-order valence-corrected chi connectivity index (χ0v) is 19.0. The van der Waals surface area contributed by atoms with Crippen LogP contribution in [0.25, 0.3) is 0 Å². The molecule has 2 aromatic rings. The SMILES string of the molecule is CC(=O)Nc1cccc(Nc2ncc(C(N)=O)c(N(C)C3CCCN(S(C)(=O)=O)C3)n2)c1. The third kappa shape index (κ3) is 5.71. The molecule has 0 radical (unpaired) electrons. The fraction of sp³-hybridized carbons (Fsp3) is 0.400. The van der Waals surface area contributed by atoms with Crippen molar-refractivity contribution in [2.45, 2.75) is 25.8 Å². The van der Waals surface area contributed by atoms with Crippen molar-refractivity contribution in [1.82, 2.24) is 14.3 Å². The molecular formula is C20H27N7O4S. The average molecular weight is 462 g/mol. The lowest BCUT2D eigenvalue weighted by Crippen LogP contribution is -2.49. The summed E-state index contributed by atoms with van der Waals surface area (Å²) in [6, 6.07) is 6.84. The van der Waals surface area contributed by atoms with Crippen LogP contribution in [0.3, 0.4) is 0 Å². The lowest BCUT2D eigenvalue weighted by Gasteiger charge is -2.37. The molecule has 12 heteroatoms. The summed E-state index contributed by atoms with van der Waals surface area (Å²) < 4.78 is 25.4. The van der Waals surface area contributed by atoms with E-state index in [-0.39, 0.29) is 23.5 Å². The minimum Gasteiger partial charge on any atom is -0.365 e. The van der Waals surface area contributed by atoms with Gasteiger partial charge >= 0.3 is 0 Å². The monoisotopic (exact) mass is 461 g/mol. The predicted molar refractivity (Wildman–Crippen MR) is 122 cm³/mol. The quantitative estimate of drug-likeness (QED) is 0.555. The molecule has 1 fully saturated rings. The Morgan fingerprint density at radius 3 is 2.66 bits per heavy atom. The fourth-order valence-electron chi connectivity index (χ4n) is 3.59. The van der Waals surface area contributed by atoms with Gasteiger partial charge in [-0.2, -0.15) is 4.98 Å². The normalized spacial score (nSPS) is 16.9. The summed E-state index contributed by atoms with van der Waals surface area (Å²) in [7, 11) is -1.57. The maximum Gasteiger partial charge on any atom is 0.254 e. The molecule has 1 aromatic heterocycles. The van der Waals surface area contributed by atoms with Crippen LogP contribution < -0.4 is 21.3 Å². The van der Waals surface area contributed by atoms with Crippen molar-refractivity contribution < 1.29 is 18.0 Å². The molecule has 3 rings (SSSR count). The van der Waals surface area contributed by atoms with Gasteiger partial charge in [0.25, 0.3) is 5.91 Å². The Morgan fingerprint density at radius 2 is 2.00 bits per heavy atom. The van der Waals surface area contributed by atoms with Gasteiger partial charge in [-0.25, -0.2) is 17.7 Å². The summed E-state index contributed by atoms with van der Waals surface area (Å²) in [5, 5.41) is 5.76. The molecule has 11 nitrogen and oxygen atoms in total. The molecule has 1 saturated heterocycles. The van der Waals surface area contributed by atoms with E-state index in [1.807, 2.05) is 0 Å². The zero-order valence-electron chi connectivity index (χ0n) is 18.2. The number of nitrogens with zero attached hydrogens (tertiary/aromatic N) is 4. The Hall–Kier alpha value is -3.25. The number of nitrogens with one attached hydrogen (secondary N) is 2. The fourth-order valence-corrected chi connectivity index (χ4v) is 4.50. The molecular weight excluding hydrogens is 434 g/mol. The predicted octanol–water partition coefficient (Wildman–Crippen LogP) is 1.14. The van der Waals surface area contributed by atoms with Crippen molar-refractivity contribution in [2.75, 3.05) is 41.9 Å². The molecule has 1 unspecified atom stereocenters. The smallest absolute Gasteiger partial charge is 0.254 e. The zero-order chi connectivity index (χ0) is 23.5. The Balaban J connectivity index is 1.88. The van der Waals surface area contributed by atoms with Crippen molar-refractivity contribution in [3.8, 4) is 0 Å². The Bertz CT molecular complexity index is 1120. The molecule has 0 bridgehead atoms. The second-order valence-corrected chi connectivity index (χ2v) is 9.69. The van der Waals surface area contributed by atoms with Crippen LogP contribution in [0.4, 0.5) is 23.1 Å². The number of nitrogens with two attached hydrogens (primary N) is 1. The second-order valence-electron chi connectivity index (χ2n) is 7.71. The molecule has 1 aliphatic rings. The summed E-state index contributed by atoms with van der Waals surface area (Å²) in [6.07, 6.45) is 3.97. The van der Waals surface area contributed by atoms with Gasteiger partial charge in [-0.1, -0.05) is 6.07 Å². The minimum atomic E-state index is -3.32. The topological polar surface area (TPSA) is 151 Å². The minimum absolute atomic E-state index is 0.140. The van der Waals surface area contributed by atoms with Gasteiger partial charge in [-0.15, -0.1) is 0 Å². The van der Waals surface area contributed by atoms with Crippen LogP contribution in [0.5, 0.6) is 0 Å². The molecule has 2 amide bonds. The van der Waals surface area contributed by atoms with E-state index >= 15 is 0 Å². The number of benzene rings is 1. The molecule has 32 heavy (non-hydrogen) atoms. The number of piperidine rings is 1. The van der Waals surface area contributed by atoms with Crippen LogP contribution in [-0.2, 0) is 14.8 Å². The number of amides is 2. The highest BCUT2D eigenvalue weighted by atomic mass is 32.2. The van der Waals surface area contributed by atoms with Gasteiger partial charge in [0, 0.05) is 50.7 Å². The first-order valence-electron chi connectivity index (χ1n) is 10.0. The van der Waals surface area contributed by atoms with Crippen molar-refractivity contribution in [3.05, 3.63) is 36.0 Å². The second kappa shape index (κ2) is 9.49. The highest BCUT2D eigenvalue weighted by Gasteiger charge is 2.30. The van der Waals surface area contributed by atoms with E-state index in [0.29, 0.717) is 36.7 Å². The maximum absolute atomic E-state index is 12.0. The van der Waals surface area contributed by atoms with Crippen LogP contribution in [0.1, 0.15) is 30.1 Å². The first-order chi connectivity index (χ1) is 15.0. The number of rotatable bonds is 7. The summed E-state index contributed by atoms with van der Waals surface area (Å²) >= 11 is 0. The molecule has 4 N–H and O–H groups in total. The van der Waals surface area contributed by atoms with Crippen molar-refractivity contribution in [2.24, 2.45) is 5.73 Å². The van der Waals surface area contributed by atoms with E-state index in [1.165, 1.54) is 23.7 Å². The number of aromatic nitrogens is 2. The third-order valence-corrected chi connectivity index (χ3v) is 6.45. The highest BCUT2D eigenvalue weighted by molar-refractivity contribution is 7.88. The van der Waals surface area contributed by atoms with Gasteiger partial charge in [0.1, 0.15) is 11.4 Å². The third-order valence-electron chi connectivity index (χ3n) is 5.18. The Kier molecular flexibility index (Phi) is 6.94. The van der Waals surface area contributed by atoms with E-state index in [1.54, 1.807) is 36.2 Å². The molecule has 172 valence electrons. The van der Waals surface area contributed by atoms with Gasteiger partial charge < -0.3 is 21.3 Å². The van der Waals surface area contributed by atoms with Gasteiger partial charge in [-0.05, 0) is 31.0 Å². The largest absolute Gasteiger partial charge is 0.365 e. The van der Waals surface area contributed by atoms with Crippen LogP contribution in [0.2, 0.25) is 0 Å². The van der Waals surface area contributed by atoms with E-state index in [4.69, 9.17) is 5.73 Å². The summed E-state index contributed by atoms with van der Waals surface area (Å²) in [5.41, 5.74) is 6.92. The van der Waals surface area contributed by atoms with E-state index in [2.05, 4.69) is 20.6 Å². The number of hydrogen-bond donors (Lipinski definition) is 3. The number of primary amides is 1. The highest BCUT2D eigenvalue weighted by Crippen LogP contribution is 2.26. The number of carbonyl (C=O) groups excluding carboxylic acids is 2. The van der Waals surface area contributed by atoms with Crippen LogP contribution in [-0.4, -0.2) is 66.9 Å². The molecule has 2 heterocycles. The van der Waals surface area contributed by atoms with Gasteiger partial charge in [0.05, 0.1) is 6.26 Å². The van der Waals surface area contributed by atoms with E-state index < -0.39 is 15.9 Å². The Labute approximate surface area is 187 Å². The molecule has 0 aliphatic carbocycles. The molecule has 0 saturated carbocycles. The van der Waals surface area contributed by atoms with Crippen molar-refractivity contribution in [3.63, 3.8) is 0 Å². The van der Waals surface area contributed by atoms with E-state index in [0.717, 1.165) is 6.42 Å². The number of carbonyl (C=O) groups is 2. The summed E-state index contributed by atoms with van der Waals surface area (Å²) in [4.78, 5) is 33.7. The first-order valence-corrected chi connectivity index (χ1v) is 11.9. The van der Waals surface area contributed by atoms with Gasteiger partial charge in [0.2, 0.25) is 21.9 Å². The van der Waals surface area contributed by atoms with Crippen molar-refractivity contribution >= 4 is 45.0 Å². The van der Waals surface area contributed by atoms with E-state index in [9.17, 15) is 18.0 Å². The summed E-state index contributed by atoms with van der Waals surface area (Å²) in [5.74, 6) is -0.327. The number of anilines is 4. The van der Waals surface area contributed by atoms with Crippen LogP contribution in [0, 0.1) is 0 Å². The lowest BCUT2D eigenvalue weighted by molar-refractivity contribution is -0.114. The molecule has 1 aromatic carbocycles. The number of sulfonamides is 1. The average Bonchev–Trinajstić information content (AvgIpc) is 2.72. The molecule has 1 aliphatic heterocycles. The first kappa shape index (κ1) is 23.4. The van der Waals surface area contributed by atoms with Gasteiger partial charge in [0.15, 0.2) is 0 Å². The van der Waals surface area contributed by atoms with Crippen LogP contribution in [0.15, 0.2) is 30.5 Å². The molecule has 1 atom stereocenters.